The highest BCUT2D eigenvalue weighted by Crippen LogP contribution is 2.28. The molecule has 126 valence electrons. The van der Waals surface area contributed by atoms with Crippen molar-refractivity contribution in [1.82, 2.24) is 9.62 Å². The predicted molar refractivity (Wildman–Crippen MR) is 87.1 cm³/mol. The van der Waals surface area contributed by atoms with E-state index in [4.69, 9.17) is 0 Å². The Morgan fingerprint density at radius 1 is 1.26 bits per heavy atom. The van der Waals surface area contributed by atoms with Crippen LogP contribution in [-0.4, -0.2) is 60.8 Å². The molecule has 0 aliphatic carbocycles. The van der Waals surface area contributed by atoms with Gasteiger partial charge in [-0.15, -0.1) is 0 Å². The first-order valence-electron chi connectivity index (χ1n) is 6.85. The fourth-order valence-corrected chi connectivity index (χ4v) is 4.39. The Kier molecular flexibility index (Phi) is 5.02. The molecule has 7 nitrogen and oxygen atoms in total. The molecule has 23 heavy (non-hydrogen) atoms. The van der Waals surface area contributed by atoms with Gasteiger partial charge in [-0.25, -0.2) is 17.5 Å². The van der Waals surface area contributed by atoms with Crippen molar-refractivity contribution in [3.63, 3.8) is 0 Å². The Hall–Kier alpha value is -1.58. The molecule has 1 amide bonds. The third-order valence-electron chi connectivity index (χ3n) is 3.68. The minimum absolute atomic E-state index is 0.0726. The number of nitrogens with one attached hydrogen (secondary N) is 1. The van der Waals surface area contributed by atoms with E-state index < -0.39 is 27.4 Å². The summed E-state index contributed by atoms with van der Waals surface area (Å²) in [6.07, 6.45) is 0.367. The molecule has 1 atom stereocenters. The molecular formula is C14H18N2O5S2. The van der Waals surface area contributed by atoms with E-state index in [2.05, 4.69) is 5.32 Å². The molecule has 0 radical (unpaired) electrons. The number of hydrogen-bond acceptors (Lipinski definition) is 5. The first kappa shape index (κ1) is 17.8. The summed E-state index contributed by atoms with van der Waals surface area (Å²) in [5, 5.41) is 11.9. The molecule has 1 heterocycles. The van der Waals surface area contributed by atoms with Crippen molar-refractivity contribution in [3.8, 4) is 0 Å². The number of carbonyl (C=O) groups excluding carboxylic acids is 1. The Morgan fingerprint density at radius 3 is 2.30 bits per heavy atom. The Labute approximate surface area is 139 Å². The van der Waals surface area contributed by atoms with E-state index in [-0.39, 0.29) is 10.5 Å². The summed E-state index contributed by atoms with van der Waals surface area (Å²) in [5.74, 6) is -0.584. The maximum atomic E-state index is 12.3. The molecule has 1 saturated heterocycles. The second-order valence-corrected chi connectivity index (χ2v) is 8.71. The van der Waals surface area contributed by atoms with Crippen molar-refractivity contribution in [3.05, 3.63) is 29.8 Å². The average Bonchev–Trinajstić information content (AvgIpc) is 2.97. The number of thioether (sulfide) groups is 1. The van der Waals surface area contributed by atoms with Gasteiger partial charge in [0.1, 0.15) is 5.54 Å². The third kappa shape index (κ3) is 3.51. The van der Waals surface area contributed by atoms with Crippen molar-refractivity contribution < 1.29 is 23.1 Å². The van der Waals surface area contributed by atoms with Gasteiger partial charge in [-0.05, 0) is 36.4 Å². The lowest BCUT2D eigenvalue weighted by molar-refractivity contribution is -0.143. The van der Waals surface area contributed by atoms with Crippen LogP contribution in [0, 0.1) is 0 Å². The molecule has 0 bridgehead atoms. The number of sulfonamides is 1. The van der Waals surface area contributed by atoms with Crippen LogP contribution in [0.25, 0.3) is 0 Å². The Balaban J connectivity index is 2.20. The number of carbonyl (C=O) groups is 2. The van der Waals surface area contributed by atoms with Crippen LogP contribution >= 0.6 is 11.8 Å². The van der Waals surface area contributed by atoms with E-state index in [1.165, 1.54) is 50.1 Å². The Morgan fingerprint density at radius 2 is 1.87 bits per heavy atom. The van der Waals surface area contributed by atoms with Crippen molar-refractivity contribution >= 4 is 33.7 Å². The fraction of sp³-hybridized carbons (Fsp3) is 0.429. The van der Waals surface area contributed by atoms with Crippen LogP contribution in [-0.2, 0) is 14.8 Å². The van der Waals surface area contributed by atoms with E-state index >= 15 is 0 Å². The van der Waals surface area contributed by atoms with Gasteiger partial charge >= 0.3 is 5.97 Å². The molecule has 2 rings (SSSR count). The number of nitrogens with zero attached hydrogens (tertiary/aromatic N) is 1. The van der Waals surface area contributed by atoms with Crippen LogP contribution in [0.15, 0.2) is 29.2 Å². The van der Waals surface area contributed by atoms with Gasteiger partial charge in [0.05, 0.1) is 4.90 Å². The van der Waals surface area contributed by atoms with E-state index in [1.807, 2.05) is 0 Å². The zero-order valence-corrected chi connectivity index (χ0v) is 14.4. The van der Waals surface area contributed by atoms with Crippen molar-refractivity contribution in [2.75, 3.05) is 25.6 Å². The summed E-state index contributed by atoms with van der Waals surface area (Å²) in [5.41, 5.74) is -1.03. The lowest BCUT2D eigenvalue weighted by atomic mass is 9.98. The van der Waals surface area contributed by atoms with Gasteiger partial charge in [-0.1, -0.05) is 0 Å². The normalized spacial score (nSPS) is 21.3. The minimum Gasteiger partial charge on any atom is -0.479 e. The van der Waals surface area contributed by atoms with Gasteiger partial charge in [0.15, 0.2) is 0 Å². The fourth-order valence-electron chi connectivity index (χ4n) is 2.16. The summed E-state index contributed by atoms with van der Waals surface area (Å²) in [4.78, 5) is 23.8. The summed E-state index contributed by atoms with van der Waals surface area (Å²) in [6, 6.07) is 5.43. The highest BCUT2D eigenvalue weighted by Gasteiger charge is 2.43. The van der Waals surface area contributed by atoms with E-state index in [0.29, 0.717) is 17.9 Å². The van der Waals surface area contributed by atoms with Crippen LogP contribution < -0.4 is 5.32 Å². The molecule has 1 aromatic rings. The molecule has 1 aliphatic rings. The van der Waals surface area contributed by atoms with Crippen LogP contribution in [0.5, 0.6) is 0 Å². The molecule has 9 heteroatoms. The quantitative estimate of drug-likeness (QED) is 0.800. The van der Waals surface area contributed by atoms with Gasteiger partial charge in [-0.3, -0.25) is 4.79 Å². The summed E-state index contributed by atoms with van der Waals surface area (Å²) in [6.45, 7) is 0. The molecule has 0 saturated carbocycles. The number of aliphatic carboxylic acids is 1. The maximum Gasteiger partial charge on any atom is 0.330 e. The molecule has 1 fully saturated rings. The SMILES string of the molecule is CN(C)S(=O)(=O)c1ccc(C(=O)NC2(C(=O)O)CCSC2)cc1. The molecule has 1 aromatic carbocycles. The highest BCUT2D eigenvalue weighted by molar-refractivity contribution is 7.99. The van der Waals surface area contributed by atoms with Gasteiger partial charge < -0.3 is 10.4 Å². The van der Waals surface area contributed by atoms with E-state index in [1.54, 1.807) is 0 Å². The number of benzene rings is 1. The van der Waals surface area contributed by atoms with Crippen molar-refractivity contribution in [2.24, 2.45) is 0 Å². The molecule has 0 aromatic heterocycles. The summed E-state index contributed by atoms with van der Waals surface area (Å²) in [7, 11) is -0.721. The lowest BCUT2D eigenvalue weighted by Gasteiger charge is -2.24. The van der Waals surface area contributed by atoms with Crippen molar-refractivity contribution in [2.45, 2.75) is 16.9 Å². The maximum absolute atomic E-state index is 12.3. The number of rotatable bonds is 5. The first-order valence-corrected chi connectivity index (χ1v) is 9.45. The third-order valence-corrected chi connectivity index (χ3v) is 6.70. The smallest absolute Gasteiger partial charge is 0.330 e. The van der Waals surface area contributed by atoms with Crippen molar-refractivity contribution in [1.29, 1.82) is 0 Å². The summed E-state index contributed by atoms with van der Waals surface area (Å²) < 4.78 is 25.0. The minimum atomic E-state index is -3.56. The van der Waals surface area contributed by atoms with Gasteiger partial charge in [0.2, 0.25) is 10.0 Å². The second kappa shape index (κ2) is 6.50. The monoisotopic (exact) mass is 358 g/mol. The van der Waals surface area contributed by atoms with E-state index in [0.717, 1.165) is 4.31 Å². The summed E-state index contributed by atoms with van der Waals surface area (Å²) >= 11 is 1.48. The Bertz CT molecular complexity index is 707. The second-order valence-electron chi connectivity index (χ2n) is 5.46. The average molecular weight is 358 g/mol. The highest BCUT2D eigenvalue weighted by atomic mass is 32.2. The molecule has 1 aliphatic heterocycles. The molecule has 1 unspecified atom stereocenters. The molecule has 2 N–H and O–H groups in total. The topological polar surface area (TPSA) is 104 Å². The van der Waals surface area contributed by atoms with Crippen LogP contribution in [0.2, 0.25) is 0 Å². The number of hydrogen-bond donors (Lipinski definition) is 2. The molecule has 0 spiro atoms. The number of carboxylic acid groups (broad SMARTS) is 1. The standard InChI is InChI=1S/C14H18N2O5S2/c1-16(2)23(20,21)11-5-3-10(4-6-11)12(17)15-14(13(18)19)7-8-22-9-14/h3-6H,7-9H2,1-2H3,(H,15,17)(H,18,19). The number of carboxylic acids is 1. The van der Waals surface area contributed by atoms with Crippen LogP contribution in [0.3, 0.4) is 0 Å². The zero-order valence-electron chi connectivity index (χ0n) is 12.8. The van der Waals surface area contributed by atoms with Gasteiger partial charge in [-0.2, -0.15) is 11.8 Å². The van der Waals surface area contributed by atoms with Gasteiger partial charge in [0.25, 0.3) is 5.91 Å². The first-order chi connectivity index (χ1) is 10.7. The number of amides is 1. The largest absolute Gasteiger partial charge is 0.479 e. The van der Waals surface area contributed by atoms with E-state index in [9.17, 15) is 23.1 Å². The van der Waals surface area contributed by atoms with Crippen LogP contribution in [0.4, 0.5) is 0 Å². The zero-order chi connectivity index (χ0) is 17.3. The molecular weight excluding hydrogens is 340 g/mol. The predicted octanol–water partition coefficient (Wildman–Crippen LogP) is 0.627. The lowest BCUT2D eigenvalue weighted by Crippen LogP contribution is -2.54. The van der Waals surface area contributed by atoms with Gasteiger partial charge in [0, 0.05) is 25.4 Å². The van der Waals surface area contributed by atoms with Crippen LogP contribution in [0.1, 0.15) is 16.8 Å².